The summed E-state index contributed by atoms with van der Waals surface area (Å²) in [6, 6.07) is 8.69. The molecule has 1 atom stereocenters. The molecule has 1 unspecified atom stereocenters. The lowest BCUT2D eigenvalue weighted by Crippen LogP contribution is -2.29. The second-order valence-electron chi connectivity index (χ2n) is 5.89. The highest BCUT2D eigenvalue weighted by Crippen LogP contribution is 2.24. The maximum absolute atomic E-state index is 3.54. The van der Waals surface area contributed by atoms with Crippen LogP contribution in [0.3, 0.4) is 0 Å². The van der Waals surface area contributed by atoms with E-state index in [1.165, 1.54) is 11.1 Å². The van der Waals surface area contributed by atoms with Gasteiger partial charge < -0.3 is 5.32 Å². The van der Waals surface area contributed by atoms with Gasteiger partial charge in [0, 0.05) is 6.54 Å². The first kappa shape index (κ1) is 13.2. The summed E-state index contributed by atoms with van der Waals surface area (Å²) in [5.74, 6) is 0.692. The summed E-state index contributed by atoms with van der Waals surface area (Å²) in [7, 11) is 0. The molecule has 1 heteroatoms. The maximum atomic E-state index is 3.54. The van der Waals surface area contributed by atoms with Crippen LogP contribution in [0.25, 0.3) is 0 Å². The molecule has 0 aliphatic heterocycles. The fraction of sp³-hybridized carbons (Fsp3) is 0.600. The molecule has 1 nitrogen and oxygen atoms in total. The van der Waals surface area contributed by atoms with Crippen molar-refractivity contribution in [2.24, 2.45) is 11.3 Å². The van der Waals surface area contributed by atoms with E-state index in [1.807, 2.05) is 0 Å². The minimum Gasteiger partial charge on any atom is -0.312 e. The molecule has 1 N–H and O–H groups in total. The van der Waals surface area contributed by atoms with E-state index in [0.717, 1.165) is 13.1 Å². The molecule has 1 rings (SSSR count). The second kappa shape index (κ2) is 5.49. The fourth-order valence-corrected chi connectivity index (χ4v) is 1.56. The lowest BCUT2D eigenvalue weighted by molar-refractivity contribution is 0.252. The van der Waals surface area contributed by atoms with Crippen molar-refractivity contribution in [3.05, 3.63) is 35.4 Å². The van der Waals surface area contributed by atoms with Crippen LogP contribution in [0, 0.1) is 18.3 Å². The molecular weight excluding hydrogens is 194 g/mol. The van der Waals surface area contributed by atoms with Crippen molar-refractivity contribution in [2.45, 2.75) is 41.2 Å². The minimum absolute atomic E-state index is 0.388. The van der Waals surface area contributed by atoms with Crippen molar-refractivity contribution in [3.8, 4) is 0 Å². The quantitative estimate of drug-likeness (QED) is 0.813. The number of hydrogen-bond acceptors (Lipinski definition) is 1. The first-order chi connectivity index (χ1) is 7.39. The Bertz CT molecular complexity index is 322. The molecule has 0 bridgehead atoms. The highest BCUT2D eigenvalue weighted by Gasteiger charge is 2.18. The Balaban J connectivity index is 2.36. The van der Waals surface area contributed by atoms with E-state index in [0.29, 0.717) is 11.3 Å². The van der Waals surface area contributed by atoms with E-state index >= 15 is 0 Å². The predicted octanol–water partition coefficient (Wildman–Crippen LogP) is 3.77. The monoisotopic (exact) mass is 219 g/mol. The molecule has 0 spiro atoms. The van der Waals surface area contributed by atoms with Crippen molar-refractivity contribution < 1.29 is 0 Å². The molecule has 16 heavy (non-hydrogen) atoms. The van der Waals surface area contributed by atoms with Crippen LogP contribution < -0.4 is 5.32 Å². The zero-order valence-corrected chi connectivity index (χ0v) is 11.3. The summed E-state index contributed by atoms with van der Waals surface area (Å²) in [6.07, 6.45) is 0. The largest absolute Gasteiger partial charge is 0.312 e. The minimum atomic E-state index is 0.388. The van der Waals surface area contributed by atoms with Gasteiger partial charge >= 0.3 is 0 Å². The summed E-state index contributed by atoms with van der Waals surface area (Å²) in [6.45, 7) is 13.4. The van der Waals surface area contributed by atoms with Crippen LogP contribution in [0.5, 0.6) is 0 Å². The normalized spacial score (nSPS) is 13.8. The van der Waals surface area contributed by atoms with Gasteiger partial charge in [-0.15, -0.1) is 0 Å². The smallest absolute Gasteiger partial charge is 0.0205 e. The lowest BCUT2D eigenvalue weighted by atomic mass is 9.82. The Morgan fingerprint density at radius 1 is 1.25 bits per heavy atom. The van der Waals surface area contributed by atoms with E-state index in [-0.39, 0.29) is 0 Å². The third-order valence-corrected chi connectivity index (χ3v) is 3.34. The summed E-state index contributed by atoms with van der Waals surface area (Å²) < 4.78 is 0. The Labute approximate surface area is 100 Å². The molecule has 0 aliphatic rings. The second-order valence-corrected chi connectivity index (χ2v) is 5.89. The zero-order chi connectivity index (χ0) is 12.2. The standard InChI is InChI=1S/C15H25N/c1-12-7-6-8-14(9-12)11-16-10-13(2)15(3,4)5/h6-9,13,16H,10-11H2,1-5H3. The summed E-state index contributed by atoms with van der Waals surface area (Å²) in [5.41, 5.74) is 3.10. The molecule has 0 saturated heterocycles. The Morgan fingerprint density at radius 3 is 2.50 bits per heavy atom. The van der Waals surface area contributed by atoms with Gasteiger partial charge in [0.05, 0.1) is 0 Å². The van der Waals surface area contributed by atoms with Crippen LogP contribution >= 0.6 is 0 Å². The van der Waals surface area contributed by atoms with Crippen LogP contribution in [0.1, 0.15) is 38.8 Å². The average Bonchev–Trinajstić information content (AvgIpc) is 2.16. The first-order valence-corrected chi connectivity index (χ1v) is 6.16. The van der Waals surface area contributed by atoms with Gasteiger partial charge in [-0.05, 0) is 30.4 Å². The third kappa shape index (κ3) is 4.36. The highest BCUT2D eigenvalue weighted by molar-refractivity contribution is 5.21. The van der Waals surface area contributed by atoms with Crippen molar-refractivity contribution >= 4 is 0 Å². The van der Waals surface area contributed by atoms with Gasteiger partial charge in [0.25, 0.3) is 0 Å². The number of rotatable bonds is 4. The van der Waals surface area contributed by atoms with Gasteiger partial charge in [0.2, 0.25) is 0 Å². The molecule has 90 valence electrons. The van der Waals surface area contributed by atoms with Gasteiger partial charge in [0.1, 0.15) is 0 Å². The van der Waals surface area contributed by atoms with E-state index in [2.05, 4.69) is 64.2 Å². The van der Waals surface area contributed by atoms with E-state index in [4.69, 9.17) is 0 Å². The number of nitrogens with one attached hydrogen (secondary N) is 1. The van der Waals surface area contributed by atoms with Crippen LogP contribution in [-0.4, -0.2) is 6.54 Å². The molecule has 0 fully saturated rings. The molecule has 0 heterocycles. The SMILES string of the molecule is Cc1cccc(CNCC(C)C(C)(C)C)c1. The average molecular weight is 219 g/mol. The topological polar surface area (TPSA) is 12.0 Å². The van der Waals surface area contributed by atoms with Crippen molar-refractivity contribution in [1.29, 1.82) is 0 Å². The summed E-state index contributed by atoms with van der Waals surface area (Å²) >= 11 is 0. The van der Waals surface area contributed by atoms with Gasteiger partial charge in [-0.2, -0.15) is 0 Å². The summed E-state index contributed by atoms with van der Waals surface area (Å²) in [5, 5.41) is 3.54. The molecule has 1 aromatic carbocycles. The number of hydrogen-bond donors (Lipinski definition) is 1. The molecule has 0 saturated carbocycles. The lowest BCUT2D eigenvalue weighted by Gasteiger charge is -2.27. The summed E-state index contributed by atoms with van der Waals surface area (Å²) in [4.78, 5) is 0. The molecule has 0 amide bonds. The molecule has 0 radical (unpaired) electrons. The van der Waals surface area contributed by atoms with Crippen LogP contribution in [0.2, 0.25) is 0 Å². The van der Waals surface area contributed by atoms with Crippen molar-refractivity contribution in [3.63, 3.8) is 0 Å². The van der Waals surface area contributed by atoms with Crippen molar-refractivity contribution in [2.75, 3.05) is 6.54 Å². The predicted molar refractivity (Wildman–Crippen MR) is 71.5 cm³/mol. The molecule has 0 aromatic heterocycles. The molecular formula is C15H25N. The van der Waals surface area contributed by atoms with E-state index in [1.54, 1.807) is 0 Å². The fourth-order valence-electron chi connectivity index (χ4n) is 1.56. The van der Waals surface area contributed by atoms with Gasteiger partial charge in [-0.3, -0.25) is 0 Å². The van der Waals surface area contributed by atoms with E-state index < -0.39 is 0 Å². The molecule has 1 aromatic rings. The van der Waals surface area contributed by atoms with Crippen molar-refractivity contribution in [1.82, 2.24) is 5.32 Å². The van der Waals surface area contributed by atoms with E-state index in [9.17, 15) is 0 Å². The number of aryl methyl sites for hydroxylation is 1. The van der Waals surface area contributed by atoms with Crippen LogP contribution in [0.4, 0.5) is 0 Å². The zero-order valence-electron chi connectivity index (χ0n) is 11.3. The Hall–Kier alpha value is -0.820. The van der Waals surface area contributed by atoms with Gasteiger partial charge in [0.15, 0.2) is 0 Å². The van der Waals surface area contributed by atoms with Gasteiger partial charge in [-0.1, -0.05) is 57.5 Å². The maximum Gasteiger partial charge on any atom is 0.0205 e. The van der Waals surface area contributed by atoms with Crippen LogP contribution in [0.15, 0.2) is 24.3 Å². The van der Waals surface area contributed by atoms with Gasteiger partial charge in [-0.25, -0.2) is 0 Å². The van der Waals surface area contributed by atoms with Crippen LogP contribution in [-0.2, 0) is 6.54 Å². The Kier molecular flexibility index (Phi) is 4.55. The first-order valence-electron chi connectivity index (χ1n) is 6.16. The Morgan fingerprint density at radius 2 is 1.94 bits per heavy atom. The molecule has 0 aliphatic carbocycles. The highest BCUT2D eigenvalue weighted by atomic mass is 14.9. The number of benzene rings is 1. The third-order valence-electron chi connectivity index (χ3n) is 3.34.